The summed E-state index contributed by atoms with van der Waals surface area (Å²) in [5.74, 6) is -2.89. The monoisotopic (exact) mass is 351 g/mol. The quantitative estimate of drug-likeness (QED) is 0.819. The molecule has 0 radical (unpaired) electrons. The molecule has 3 atom stereocenters. The number of hydrogen-bond donors (Lipinski definition) is 2. The highest BCUT2D eigenvalue weighted by Crippen LogP contribution is 2.53. The predicted octanol–water partition coefficient (Wildman–Crippen LogP) is 1.59. The smallest absolute Gasteiger partial charge is 0.318 e. The van der Waals surface area contributed by atoms with Crippen molar-refractivity contribution in [3.8, 4) is 0 Å². The summed E-state index contributed by atoms with van der Waals surface area (Å²) in [6.07, 6.45) is 0. The average Bonchev–Trinajstić information content (AvgIpc) is 2.95. The second kappa shape index (κ2) is 5.59. The van der Waals surface area contributed by atoms with Crippen LogP contribution in [0.25, 0.3) is 0 Å². The van der Waals surface area contributed by atoms with Crippen LogP contribution in [0.15, 0.2) is 59.6 Å². The molecular weight excluding hydrogens is 334 g/mol. The Bertz CT molecular complexity index is 938. The van der Waals surface area contributed by atoms with Gasteiger partial charge in [0.15, 0.2) is 5.60 Å². The molecule has 0 bridgehead atoms. The Labute approximate surface area is 149 Å². The third kappa shape index (κ3) is 2.03. The predicted molar refractivity (Wildman–Crippen MR) is 92.5 cm³/mol. The summed E-state index contributed by atoms with van der Waals surface area (Å²) in [7, 11) is 0. The van der Waals surface area contributed by atoms with Crippen molar-refractivity contribution in [2.75, 3.05) is 0 Å². The van der Waals surface area contributed by atoms with Crippen molar-refractivity contribution in [1.82, 2.24) is 0 Å². The van der Waals surface area contributed by atoms with Crippen LogP contribution >= 0.6 is 0 Å². The molecule has 6 heteroatoms. The number of aliphatic imine (C=N–C) groups is 1. The van der Waals surface area contributed by atoms with Crippen LogP contribution in [0.4, 0.5) is 0 Å². The number of rotatable bonds is 3. The van der Waals surface area contributed by atoms with E-state index in [4.69, 9.17) is 4.74 Å². The highest BCUT2D eigenvalue weighted by atomic mass is 16.5. The van der Waals surface area contributed by atoms with Gasteiger partial charge in [-0.05, 0) is 12.5 Å². The highest BCUT2D eigenvalue weighted by molar-refractivity contribution is 6.18. The summed E-state index contributed by atoms with van der Waals surface area (Å²) in [6, 6.07) is 15.4. The lowest BCUT2D eigenvalue weighted by Gasteiger charge is -2.31. The zero-order valence-corrected chi connectivity index (χ0v) is 14.0. The SMILES string of the molecule is CC1=N[C@]2(O)c3ccccc3C(=O)[C@]2(O)C1C(=O)OCc1ccccc1. The normalized spacial score (nSPS) is 29.1. The van der Waals surface area contributed by atoms with Crippen LogP contribution in [0, 0.1) is 5.92 Å². The molecule has 0 fully saturated rings. The molecule has 0 amide bonds. The number of ketones is 1. The Morgan fingerprint density at radius 1 is 1.12 bits per heavy atom. The fourth-order valence-electron chi connectivity index (χ4n) is 3.81. The topological polar surface area (TPSA) is 96.2 Å². The molecule has 1 aliphatic carbocycles. The minimum absolute atomic E-state index is 0.000892. The van der Waals surface area contributed by atoms with Crippen LogP contribution in [-0.2, 0) is 21.9 Å². The Kier molecular flexibility index (Phi) is 3.57. The summed E-state index contributed by atoms with van der Waals surface area (Å²) in [6.45, 7) is 1.50. The Morgan fingerprint density at radius 3 is 2.50 bits per heavy atom. The molecule has 0 saturated heterocycles. The number of Topliss-reactive ketones (excluding diaryl/α,β-unsaturated/α-hetero) is 1. The van der Waals surface area contributed by atoms with Crippen molar-refractivity contribution in [3.05, 3.63) is 71.3 Å². The van der Waals surface area contributed by atoms with Gasteiger partial charge in [-0.2, -0.15) is 0 Å². The number of carbonyl (C=O) groups excluding carboxylic acids is 2. The molecule has 1 unspecified atom stereocenters. The molecule has 2 aliphatic rings. The van der Waals surface area contributed by atoms with E-state index in [-0.39, 0.29) is 23.4 Å². The number of benzene rings is 2. The van der Waals surface area contributed by atoms with Gasteiger partial charge in [-0.25, -0.2) is 0 Å². The van der Waals surface area contributed by atoms with Crippen LogP contribution in [0.5, 0.6) is 0 Å². The lowest BCUT2D eigenvalue weighted by Crippen LogP contribution is -2.56. The van der Waals surface area contributed by atoms with Crippen LogP contribution in [0.3, 0.4) is 0 Å². The maximum Gasteiger partial charge on any atom is 0.318 e. The van der Waals surface area contributed by atoms with Gasteiger partial charge in [-0.3, -0.25) is 14.6 Å². The van der Waals surface area contributed by atoms with E-state index < -0.39 is 29.0 Å². The zero-order chi connectivity index (χ0) is 18.5. The van der Waals surface area contributed by atoms with Crippen LogP contribution in [0.1, 0.15) is 28.4 Å². The van der Waals surface area contributed by atoms with Gasteiger partial charge >= 0.3 is 5.97 Å². The number of ether oxygens (including phenoxy) is 1. The summed E-state index contributed by atoms with van der Waals surface area (Å²) >= 11 is 0. The Hall–Kier alpha value is -2.83. The van der Waals surface area contributed by atoms with Crippen LogP contribution in [0.2, 0.25) is 0 Å². The lowest BCUT2D eigenvalue weighted by molar-refractivity contribution is -0.166. The summed E-state index contributed by atoms with van der Waals surface area (Å²) < 4.78 is 5.30. The second-order valence-electron chi connectivity index (χ2n) is 6.59. The molecule has 4 rings (SSSR count). The Balaban J connectivity index is 1.68. The third-order valence-corrected chi connectivity index (χ3v) is 5.06. The van der Waals surface area contributed by atoms with E-state index in [9.17, 15) is 19.8 Å². The highest BCUT2D eigenvalue weighted by Gasteiger charge is 2.72. The maximum absolute atomic E-state index is 12.8. The van der Waals surface area contributed by atoms with Crippen molar-refractivity contribution < 1.29 is 24.5 Å². The molecule has 0 spiro atoms. The molecule has 2 N–H and O–H groups in total. The Morgan fingerprint density at radius 2 is 1.77 bits per heavy atom. The molecule has 6 nitrogen and oxygen atoms in total. The molecule has 2 aromatic carbocycles. The largest absolute Gasteiger partial charge is 0.460 e. The first-order valence-electron chi connectivity index (χ1n) is 8.25. The van der Waals surface area contributed by atoms with Crippen molar-refractivity contribution in [1.29, 1.82) is 0 Å². The lowest BCUT2D eigenvalue weighted by atomic mass is 9.79. The second-order valence-corrected chi connectivity index (χ2v) is 6.59. The average molecular weight is 351 g/mol. The van der Waals surface area contributed by atoms with E-state index in [0.29, 0.717) is 0 Å². The van der Waals surface area contributed by atoms with Gasteiger partial charge in [-0.1, -0.05) is 54.6 Å². The molecular formula is C20H17NO5. The standard InChI is InChI=1S/C20H17NO5/c1-12-16(18(23)26-11-13-7-3-2-4-8-13)19(24)17(22)14-9-5-6-10-15(14)20(19,25)21-12/h2-10,16,24-25H,11H2,1H3/t16?,19-,20+/m1/s1. The molecule has 0 aromatic heterocycles. The zero-order valence-electron chi connectivity index (χ0n) is 14.0. The van der Waals surface area contributed by atoms with Gasteiger partial charge in [0.25, 0.3) is 0 Å². The van der Waals surface area contributed by atoms with Crippen molar-refractivity contribution in [2.45, 2.75) is 24.9 Å². The number of carbonyl (C=O) groups is 2. The van der Waals surface area contributed by atoms with Gasteiger partial charge in [0.1, 0.15) is 12.5 Å². The maximum atomic E-state index is 12.8. The minimum atomic E-state index is -2.39. The van der Waals surface area contributed by atoms with Gasteiger partial charge in [0.05, 0.1) is 0 Å². The number of aliphatic hydroxyl groups is 2. The molecule has 2 aromatic rings. The molecule has 0 saturated carbocycles. The van der Waals surface area contributed by atoms with Crippen molar-refractivity contribution in [3.63, 3.8) is 0 Å². The van der Waals surface area contributed by atoms with Gasteiger partial charge in [-0.15, -0.1) is 0 Å². The first-order valence-corrected chi connectivity index (χ1v) is 8.25. The van der Waals surface area contributed by atoms with E-state index in [2.05, 4.69) is 4.99 Å². The first kappa shape index (κ1) is 16.6. The van der Waals surface area contributed by atoms with E-state index >= 15 is 0 Å². The van der Waals surface area contributed by atoms with Gasteiger partial charge in [0, 0.05) is 16.8 Å². The summed E-state index contributed by atoms with van der Waals surface area (Å²) in [5.41, 5.74) is -3.28. The van der Waals surface area contributed by atoms with E-state index in [1.54, 1.807) is 24.3 Å². The molecule has 132 valence electrons. The van der Waals surface area contributed by atoms with E-state index in [0.717, 1.165) is 5.56 Å². The van der Waals surface area contributed by atoms with Crippen LogP contribution in [-0.4, -0.2) is 33.3 Å². The van der Waals surface area contributed by atoms with Crippen molar-refractivity contribution in [2.24, 2.45) is 10.9 Å². The van der Waals surface area contributed by atoms with E-state index in [1.807, 2.05) is 18.2 Å². The van der Waals surface area contributed by atoms with Crippen molar-refractivity contribution >= 4 is 17.5 Å². The molecule has 1 aliphatic heterocycles. The number of hydrogen-bond acceptors (Lipinski definition) is 6. The first-order chi connectivity index (χ1) is 12.4. The number of fused-ring (bicyclic) bond motifs is 3. The number of nitrogens with zero attached hydrogens (tertiary/aromatic N) is 1. The summed E-state index contributed by atoms with van der Waals surface area (Å²) in [5, 5.41) is 22.2. The van der Waals surface area contributed by atoms with E-state index in [1.165, 1.54) is 19.1 Å². The molecule has 26 heavy (non-hydrogen) atoms. The van der Waals surface area contributed by atoms with Crippen LogP contribution < -0.4 is 0 Å². The van der Waals surface area contributed by atoms with Gasteiger partial charge < -0.3 is 14.9 Å². The number of esters is 1. The third-order valence-electron chi connectivity index (χ3n) is 5.06. The minimum Gasteiger partial charge on any atom is -0.460 e. The molecule has 1 heterocycles. The van der Waals surface area contributed by atoms with Gasteiger partial charge in [0.2, 0.25) is 11.5 Å². The fourth-order valence-corrected chi connectivity index (χ4v) is 3.81. The fraction of sp³-hybridized carbons (Fsp3) is 0.250. The summed E-state index contributed by atoms with van der Waals surface area (Å²) in [4.78, 5) is 29.6.